The molecule has 150 valence electrons. The lowest BCUT2D eigenvalue weighted by molar-refractivity contribution is -0.113. The molecule has 9 heteroatoms. The van der Waals surface area contributed by atoms with Crippen LogP contribution >= 0.6 is 34.4 Å². The highest BCUT2D eigenvalue weighted by Crippen LogP contribution is 2.37. The number of anilines is 1. The Bertz CT molecular complexity index is 1570. The molecule has 1 amide bonds. The van der Waals surface area contributed by atoms with Crippen molar-refractivity contribution in [3.8, 4) is 0 Å². The van der Waals surface area contributed by atoms with Crippen molar-refractivity contribution in [3.63, 3.8) is 0 Å². The molecule has 2 aromatic carbocycles. The van der Waals surface area contributed by atoms with Crippen molar-refractivity contribution in [3.05, 3.63) is 60.9 Å². The number of thioether (sulfide) groups is 1. The highest BCUT2D eigenvalue weighted by atomic mass is 32.2. The smallest absolute Gasteiger partial charge is 0.236 e. The first-order chi connectivity index (χ1) is 15.2. The Kier molecular flexibility index (Phi) is 4.52. The van der Waals surface area contributed by atoms with Crippen LogP contribution in [0.1, 0.15) is 0 Å². The summed E-state index contributed by atoms with van der Waals surface area (Å²) in [5.41, 5.74) is 2.72. The SMILES string of the molecule is O=C(CSc1ncnc2c1sc1nc3ccccc3cc12)Nc1nc2ccccc2s1. The first-order valence-corrected chi connectivity index (χ1v) is 12.1. The predicted octanol–water partition coefficient (Wildman–Crippen LogP) is 5.73. The summed E-state index contributed by atoms with van der Waals surface area (Å²) < 4.78 is 2.01. The quantitative estimate of drug-likeness (QED) is 0.268. The first kappa shape index (κ1) is 18.6. The molecule has 0 aliphatic carbocycles. The molecule has 0 spiro atoms. The van der Waals surface area contributed by atoms with Crippen LogP contribution in [0.4, 0.5) is 5.13 Å². The predicted molar refractivity (Wildman–Crippen MR) is 129 cm³/mol. The maximum Gasteiger partial charge on any atom is 0.236 e. The van der Waals surface area contributed by atoms with Crippen molar-refractivity contribution >= 4 is 87.0 Å². The van der Waals surface area contributed by atoms with Crippen LogP contribution < -0.4 is 5.32 Å². The van der Waals surface area contributed by atoms with Gasteiger partial charge in [-0.2, -0.15) is 0 Å². The maximum atomic E-state index is 12.5. The van der Waals surface area contributed by atoms with E-state index in [-0.39, 0.29) is 11.7 Å². The van der Waals surface area contributed by atoms with Gasteiger partial charge in [-0.1, -0.05) is 53.4 Å². The van der Waals surface area contributed by atoms with Crippen LogP contribution in [-0.4, -0.2) is 31.6 Å². The molecule has 6 aromatic rings. The van der Waals surface area contributed by atoms with Crippen molar-refractivity contribution < 1.29 is 4.79 Å². The molecule has 0 radical (unpaired) electrons. The number of para-hydroxylation sites is 2. The fraction of sp³-hybridized carbons (Fsp3) is 0.0455. The fourth-order valence-corrected chi connectivity index (χ4v) is 6.28. The molecule has 1 N–H and O–H groups in total. The zero-order chi connectivity index (χ0) is 20.8. The summed E-state index contributed by atoms with van der Waals surface area (Å²) in [5.74, 6) is 0.131. The zero-order valence-corrected chi connectivity index (χ0v) is 18.4. The minimum absolute atomic E-state index is 0.110. The number of hydrogen-bond donors (Lipinski definition) is 1. The van der Waals surface area contributed by atoms with E-state index in [1.165, 1.54) is 23.1 Å². The first-order valence-electron chi connectivity index (χ1n) is 9.46. The number of nitrogens with one attached hydrogen (secondary N) is 1. The van der Waals surface area contributed by atoms with Crippen LogP contribution in [0.2, 0.25) is 0 Å². The number of rotatable bonds is 4. The number of fused-ring (bicyclic) bond motifs is 5. The van der Waals surface area contributed by atoms with E-state index in [2.05, 4.69) is 32.4 Å². The Hall–Kier alpha value is -3.14. The third kappa shape index (κ3) is 3.40. The van der Waals surface area contributed by atoms with Crippen LogP contribution in [0.15, 0.2) is 66.0 Å². The molecule has 4 aromatic heterocycles. The lowest BCUT2D eigenvalue weighted by Gasteiger charge is -2.02. The fourth-order valence-electron chi connectivity index (χ4n) is 3.40. The third-order valence-corrected chi connectivity index (χ3v) is 7.96. The topological polar surface area (TPSA) is 80.7 Å². The van der Waals surface area contributed by atoms with E-state index in [0.29, 0.717) is 5.13 Å². The van der Waals surface area contributed by atoms with Gasteiger partial charge < -0.3 is 5.32 Å². The molecule has 0 unspecified atom stereocenters. The highest BCUT2D eigenvalue weighted by molar-refractivity contribution is 8.00. The molecule has 0 bridgehead atoms. The van der Waals surface area contributed by atoms with Crippen LogP contribution in [0.3, 0.4) is 0 Å². The Balaban J connectivity index is 1.27. The molecule has 0 fully saturated rings. The van der Waals surface area contributed by atoms with Crippen molar-refractivity contribution in [2.24, 2.45) is 0 Å². The van der Waals surface area contributed by atoms with E-state index in [4.69, 9.17) is 4.98 Å². The van der Waals surface area contributed by atoms with Crippen LogP contribution in [0.5, 0.6) is 0 Å². The number of carbonyl (C=O) groups is 1. The molecule has 0 atom stereocenters. The molecule has 0 saturated carbocycles. The number of thiophene rings is 1. The molecule has 0 aliphatic heterocycles. The molecule has 6 nitrogen and oxygen atoms in total. The second kappa shape index (κ2) is 7.52. The molecule has 31 heavy (non-hydrogen) atoms. The number of nitrogens with zero attached hydrogens (tertiary/aromatic N) is 4. The maximum absolute atomic E-state index is 12.5. The van der Waals surface area contributed by atoms with Gasteiger partial charge in [0.05, 0.1) is 31.7 Å². The van der Waals surface area contributed by atoms with Gasteiger partial charge in [0.1, 0.15) is 16.2 Å². The second-order valence-corrected chi connectivity index (χ2v) is 9.81. The molecule has 0 aliphatic rings. The van der Waals surface area contributed by atoms with E-state index in [9.17, 15) is 4.79 Å². The number of thiazole rings is 1. The van der Waals surface area contributed by atoms with E-state index in [0.717, 1.165) is 46.6 Å². The number of amides is 1. The highest BCUT2D eigenvalue weighted by Gasteiger charge is 2.15. The molecule has 4 heterocycles. The van der Waals surface area contributed by atoms with Crippen molar-refractivity contribution in [2.45, 2.75) is 5.03 Å². The van der Waals surface area contributed by atoms with Gasteiger partial charge in [-0.15, -0.1) is 11.3 Å². The van der Waals surface area contributed by atoms with Crippen molar-refractivity contribution in [1.29, 1.82) is 0 Å². The van der Waals surface area contributed by atoms with Gasteiger partial charge in [0.15, 0.2) is 5.13 Å². The van der Waals surface area contributed by atoms with Gasteiger partial charge in [-0.3, -0.25) is 4.79 Å². The van der Waals surface area contributed by atoms with Crippen LogP contribution in [0.25, 0.3) is 41.6 Å². The summed E-state index contributed by atoms with van der Waals surface area (Å²) in [6.45, 7) is 0. The lowest BCUT2D eigenvalue weighted by Crippen LogP contribution is -2.13. The van der Waals surface area contributed by atoms with E-state index in [1.807, 2.05) is 42.5 Å². The number of pyridine rings is 1. The van der Waals surface area contributed by atoms with Gasteiger partial charge in [-0.25, -0.2) is 19.9 Å². The van der Waals surface area contributed by atoms with E-state index >= 15 is 0 Å². The summed E-state index contributed by atoms with van der Waals surface area (Å²) in [7, 11) is 0. The Morgan fingerprint density at radius 1 is 0.968 bits per heavy atom. The van der Waals surface area contributed by atoms with Gasteiger partial charge in [0, 0.05) is 10.8 Å². The molecular formula is C22H13N5OS3. The van der Waals surface area contributed by atoms with Crippen LogP contribution in [-0.2, 0) is 4.79 Å². The van der Waals surface area contributed by atoms with Crippen LogP contribution in [0, 0.1) is 0 Å². The van der Waals surface area contributed by atoms with Gasteiger partial charge >= 0.3 is 0 Å². The van der Waals surface area contributed by atoms with Crippen molar-refractivity contribution in [2.75, 3.05) is 11.1 Å². The van der Waals surface area contributed by atoms with Gasteiger partial charge in [-0.05, 0) is 24.3 Å². The standard InChI is InChI=1S/C22H13N5OS3/c28-17(27-22-26-15-7-3-4-8-16(15)30-22)10-29-21-19-18(23-11-24-21)13-9-12-5-1-2-6-14(12)25-20(13)31-19/h1-9,11H,10H2,(H,26,27,28). The zero-order valence-electron chi connectivity index (χ0n) is 15.9. The number of hydrogen-bond acceptors (Lipinski definition) is 8. The summed E-state index contributed by atoms with van der Waals surface area (Å²) in [4.78, 5) is 31.6. The van der Waals surface area contributed by atoms with Gasteiger partial charge in [0.25, 0.3) is 0 Å². The lowest BCUT2D eigenvalue weighted by atomic mass is 10.2. The van der Waals surface area contributed by atoms with Crippen molar-refractivity contribution in [1.82, 2.24) is 19.9 Å². The number of aromatic nitrogens is 4. The third-order valence-electron chi connectivity index (χ3n) is 4.79. The number of carbonyl (C=O) groups excluding carboxylic acids is 1. The number of benzene rings is 2. The molecule has 0 saturated heterocycles. The average molecular weight is 460 g/mol. The monoisotopic (exact) mass is 459 g/mol. The second-order valence-electron chi connectivity index (χ2n) is 6.82. The largest absolute Gasteiger partial charge is 0.301 e. The minimum atomic E-state index is -0.110. The minimum Gasteiger partial charge on any atom is -0.301 e. The summed E-state index contributed by atoms with van der Waals surface area (Å²) in [6, 6.07) is 18.0. The molecule has 6 rings (SSSR count). The summed E-state index contributed by atoms with van der Waals surface area (Å²) in [6.07, 6.45) is 1.55. The Labute approximate surface area is 188 Å². The van der Waals surface area contributed by atoms with E-state index in [1.54, 1.807) is 17.7 Å². The normalized spacial score (nSPS) is 11.6. The summed E-state index contributed by atoms with van der Waals surface area (Å²) >= 11 is 4.43. The Morgan fingerprint density at radius 3 is 2.71 bits per heavy atom. The molecular weight excluding hydrogens is 446 g/mol. The van der Waals surface area contributed by atoms with E-state index < -0.39 is 0 Å². The van der Waals surface area contributed by atoms with Gasteiger partial charge in [0.2, 0.25) is 5.91 Å². The summed E-state index contributed by atoms with van der Waals surface area (Å²) in [5, 5.41) is 6.39. The average Bonchev–Trinajstić information content (AvgIpc) is 3.36. The Morgan fingerprint density at radius 2 is 1.81 bits per heavy atom.